The number of ether oxygens (including phenoxy) is 1. The minimum atomic E-state index is -0.153. The number of thiocarbonyl (C=S) groups is 1. The molecule has 1 amide bonds. The fourth-order valence-corrected chi connectivity index (χ4v) is 3.91. The number of hydrogen-bond acceptors (Lipinski definition) is 5. The highest BCUT2D eigenvalue weighted by Gasteiger charge is 2.32. The molecule has 1 aromatic heterocycles. The molecular formula is C22H19N3O2S2. The van der Waals surface area contributed by atoms with Crippen molar-refractivity contribution in [2.24, 2.45) is 0 Å². The minimum absolute atomic E-state index is 0.153. The molecule has 0 atom stereocenters. The Kier molecular flexibility index (Phi) is 5.69. The number of hydrogen-bond donors (Lipinski definition) is 1. The van der Waals surface area contributed by atoms with Crippen LogP contribution in [0.4, 0.5) is 5.69 Å². The van der Waals surface area contributed by atoms with Crippen molar-refractivity contribution in [2.75, 3.05) is 4.90 Å². The fourth-order valence-electron chi connectivity index (χ4n) is 3.07. The Morgan fingerprint density at radius 3 is 2.72 bits per heavy atom. The standard InChI is InChI=1S/C22H19N3O2S2/c1-2-16-5-3-4-6-20(16)25-21(26)19(24-22(25)28)11-15-7-9-18(10-8-15)27-12-17-13-29-14-23-17/h3-11,13-14H,2,12H2,1H3,(H,24,28)/b19-11+. The summed E-state index contributed by atoms with van der Waals surface area (Å²) in [6, 6.07) is 15.4. The summed E-state index contributed by atoms with van der Waals surface area (Å²) in [6.07, 6.45) is 2.62. The summed E-state index contributed by atoms with van der Waals surface area (Å²) in [6.45, 7) is 2.49. The van der Waals surface area contributed by atoms with Crippen LogP contribution in [0.25, 0.3) is 6.08 Å². The molecule has 1 saturated heterocycles. The zero-order chi connectivity index (χ0) is 20.2. The molecule has 1 N–H and O–H groups in total. The third-order valence-corrected chi connectivity index (χ3v) is 5.47. The van der Waals surface area contributed by atoms with Crippen LogP contribution in [-0.2, 0) is 17.8 Å². The van der Waals surface area contributed by atoms with E-state index in [1.54, 1.807) is 27.8 Å². The van der Waals surface area contributed by atoms with E-state index in [1.807, 2.05) is 53.9 Å². The van der Waals surface area contributed by atoms with Crippen molar-refractivity contribution in [3.8, 4) is 5.75 Å². The number of benzene rings is 2. The van der Waals surface area contributed by atoms with Gasteiger partial charge in [0.2, 0.25) is 0 Å². The highest BCUT2D eigenvalue weighted by atomic mass is 32.1. The second-order valence-corrected chi connectivity index (χ2v) is 7.55. The molecule has 1 aliphatic rings. The average molecular weight is 422 g/mol. The van der Waals surface area contributed by atoms with Crippen LogP contribution in [0, 0.1) is 0 Å². The van der Waals surface area contributed by atoms with Crippen LogP contribution < -0.4 is 15.0 Å². The second kappa shape index (κ2) is 8.55. The van der Waals surface area contributed by atoms with E-state index in [9.17, 15) is 4.79 Å². The zero-order valence-corrected chi connectivity index (χ0v) is 17.4. The van der Waals surface area contributed by atoms with Crippen LogP contribution in [0.1, 0.15) is 23.7 Å². The van der Waals surface area contributed by atoms with Gasteiger partial charge in [0.15, 0.2) is 5.11 Å². The maximum Gasteiger partial charge on any atom is 0.281 e. The van der Waals surface area contributed by atoms with Gasteiger partial charge in [-0.1, -0.05) is 37.3 Å². The van der Waals surface area contributed by atoms with E-state index < -0.39 is 0 Å². The molecule has 0 spiro atoms. The van der Waals surface area contributed by atoms with E-state index in [0.29, 0.717) is 17.4 Å². The molecule has 1 fully saturated rings. The molecule has 4 rings (SSSR count). The minimum Gasteiger partial charge on any atom is -0.487 e. The summed E-state index contributed by atoms with van der Waals surface area (Å²) < 4.78 is 5.73. The number of anilines is 1. The number of thiazole rings is 1. The van der Waals surface area contributed by atoms with Crippen molar-refractivity contribution < 1.29 is 9.53 Å². The number of carbonyl (C=O) groups excluding carboxylic acids is 1. The lowest BCUT2D eigenvalue weighted by Gasteiger charge is -2.17. The molecule has 7 heteroatoms. The fraction of sp³-hybridized carbons (Fsp3) is 0.136. The molecule has 0 bridgehead atoms. The van der Waals surface area contributed by atoms with Crippen LogP contribution in [0.5, 0.6) is 5.75 Å². The molecule has 2 heterocycles. The first-order chi connectivity index (χ1) is 14.2. The number of para-hydroxylation sites is 1. The van der Waals surface area contributed by atoms with Gasteiger partial charge in [-0.2, -0.15) is 0 Å². The summed E-state index contributed by atoms with van der Waals surface area (Å²) in [5, 5.41) is 5.39. The molecular weight excluding hydrogens is 402 g/mol. The van der Waals surface area contributed by atoms with Gasteiger partial charge in [-0.15, -0.1) is 11.3 Å². The monoisotopic (exact) mass is 421 g/mol. The Morgan fingerprint density at radius 2 is 2.00 bits per heavy atom. The van der Waals surface area contributed by atoms with Gasteiger partial charge in [0.25, 0.3) is 5.91 Å². The molecule has 3 aromatic rings. The summed E-state index contributed by atoms with van der Waals surface area (Å²) in [5.41, 5.74) is 5.93. The number of aromatic nitrogens is 1. The molecule has 2 aromatic carbocycles. The Hall–Kier alpha value is -3.03. The number of nitrogens with one attached hydrogen (secondary N) is 1. The molecule has 0 radical (unpaired) electrons. The zero-order valence-electron chi connectivity index (χ0n) is 15.8. The lowest BCUT2D eigenvalue weighted by atomic mass is 10.1. The number of carbonyl (C=O) groups is 1. The predicted molar refractivity (Wildman–Crippen MR) is 120 cm³/mol. The highest BCUT2D eigenvalue weighted by Crippen LogP contribution is 2.26. The van der Waals surface area contributed by atoms with Crippen LogP contribution in [-0.4, -0.2) is 16.0 Å². The van der Waals surface area contributed by atoms with Crippen molar-refractivity contribution >= 4 is 46.3 Å². The molecule has 0 saturated carbocycles. The summed E-state index contributed by atoms with van der Waals surface area (Å²) in [4.78, 5) is 18.7. The van der Waals surface area contributed by atoms with Crippen molar-refractivity contribution in [2.45, 2.75) is 20.0 Å². The quantitative estimate of drug-likeness (QED) is 0.468. The normalized spacial score (nSPS) is 15.1. The first-order valence-electron chi connectivity index (χ1n) is 9.20. The molecule has 146 valence electrons. The van der Waals surface area contributed by atoms with Crippen molar-refractivity contribution in [1.29, 1.82) is 0 Å². The summed E-state index contributed by atoms with van der Waals surface area (Å²) in [5.74, 6) is 0.597. The topological polar surface area (TPSA) is 54.5 Å². The van der Waals surface area contributed by atoms with E-state index in [4.69, 9.17) is 17.0 Å². The van der Waals surface area contributed by atoms with Gasteiger partial charge in [0, 0.05) is 5.38 Å². The van der Waals surface area contributed by atoms with E-state index in [0.717, 1.165) is 34.7 Å². The van der Waals surface area contributed by atoms with Crippen LogP contribution in [0.3, 0.4) is 0 Å². The number of rotatable bonds is 6. The van der Waals surface area contributed by atoms with Gasteiger partial charge in [0.1, 0.15) is 18.1 Å². The third kappa shape index (κ3) is 4.21. The molecule has 0 aliphatic carbocycles. The Bertz CT molecular complexity index is 1060. The van der Waals surface area contributed by atoms with Gasteiger partial charge in [0.05, 0.1) is 16.9 Å². The summed E-state index contributed by atoms with van der Waals surface area (Å²) in [7, 11) is 0. The first-order valence-corrected chi connectivity index (χ1v) is 10.6. The van der Waals surface area contributed by atoms with Crippen molar-refractivity contribution in [1.82, 2.24) is 10.3 Å². The van der Waals surface area contributed by atoms with E-state index >= 15 is 0 Å². The van der Waals surface area contributed by atoms with Gasteiger partial charge < -0.3 is 10.1 Å². The predicted octanol–water partition coefficient (Wildman–Crippen LogP) is 4.55. The van der Waals surface area contributed by atoms with Crippen LogP contribution in [0.15, 0.2) is 65.1 Å². The van der Waals surface area contributed by atoms with Crippen LogP contribution in [0.2, 0.25) is 0 Å². The van der Waals surface area contributed by atoms with Crippen molar-refractivity contribution in [3.63, 3.8) is 0 Å². The Labute approximate surface area is 178 Å². The third-order valence-electron chi connectivity index (χ3n) is 4.55. The lowest BCUT2D eigenvalue weighted by molar-refractivity contribution is -0.113. The number of aryl methyl sites for hydroxylation is 1. The first kappa shape index (κ1) is 19.3. The second-order valence-electron chi connectivity index (χ2n) is 6.45. The Morgan fingerprint density at radius 1 is 1.21 bits per heavy atom. The van der Waals surface area contributed by atoms with Gasteiger partial charge in [-0.25, -0.2) is 4.98 Å². The summed E-state index contributed by atoms with van der Waals surface area (Å²) >= 11 is 6.97. The van der Waals surface area contributed by atoms with E-state index in [1.165, 1.54) is 0 Å². The van der Waals surface area contributed by atoms with Gasteiger partial charge >= 0.3 is 0 Å². The SMILES string of the molecule is CCc1ccccc1N1C(=O)/C(=C\c2ccc(OCc3cscn3)cc2)NC1=S. The Balaban J connectivity index is 1.49. The van der Waals surface area contributed by atoms with Gasteiger partial charge in [-0.05, 0) is 54.0 Å². The average Bonchev–Trinajstić information content (AvgIpc) is 3.35. The van der Waals surface area contributed by atoms with Crippen LogP contribution >= 0.6 is 23.6 Å². The maximum absolute atomic E-state index is 13.0. The molecule has 5 nitrogen and oxygen atoms in total. The smallest absolute Gasteiger partial charge is 0.281 e. The number of amides is 1. The molecule has 0 unspecified atom stereocenters. The van der Waals surface area contributed by atoms with Gasteiger partial charge in [-0.3, -0.25) is 9.69 Å². The highest BCUT2D eigenvalue weighted by molar-refractivity contribution is 7.80. The molecule has 29 heavy (non-hydrogen) atoms. The maximum atomic E-state index is 13.0. The van der Waals surface area contributed by atoms with E-state index in [2.05, 4.69) is 17.2 Å². The van der Waals surface area contributed by atoms with E-state index in [-0.39, 0.29) is 5.91 Å². The lowest BCUT2D eigenvalue weighted by Crippen LogP contribution is -2.31. The molecule has 1 aliphatic heterocycles. The number of nitrogens with zero attached hydrogens (tertiary/aromatic N) is 2. The van der Waals surface area contributed by atoms with Crippen molar-refractivity contribution in [3.05, 3.63) is 81.9 Å². The largest absolute Gasteiger partial charge is 0.487 e.